The molecule has 0 aromatic heterocycles. The summed E-state index contributed by atoms with van der Waals surface area (Å²) in [7, 11) is 0. The molecule has 0 heterocycles. The van der Waals surface area contributed by atoms with Gasteiger partial charge in [0.2, 0.25) is 0 Å². The highest BCUT2D eigenvalue weighted by Gasteiger charge is 2.20. The van der Waals surface area contributed by atoms with Gasteiger partial charge < -0.3 is 10.5 Å². The number of alkyl halides is 1. The van der Waals surface area contributed by atoms with Crippen molar-refractivity contribution in [2.24, 2.45) is 5.73 Å². The molecule has 4 heteroatoms. The lowest BCUT2D eigenvalue weighted by molar-refractivity contribution is -0.00137. The Morgan fingerprint density at radius 2 is 1.46 bits per heavy atom. The Morgan fingerprint density at radius 1 is 0.958 bits per heavy atom. The van der Waals surface area contributed by atoms with Gasteiger partial charge >= 0.3 is 0 Å². The maximum Gasteiger partial charge on any atom is 0.138 e. The number of hydrogen-bond acceptors (Lipinski definition) is 3. The fourth-order valence-corrected chi connectivity index (χ4v) is 2.62. The molecule has 0 aliphatic heterocycles. The van der Waals surface area contributed by atoms with Gasteiger partial charge in [-0.2, -0.15) is 0 Å². The Bertz CT molecular complexity index is 523. The van der Waals surface area contributed by atoms with E-state index in [1.807, 2.05) is 36.4 Å². The molecule has 0 saturated heterocycles. The highest BCUT2D eigenvalue weighted by molar-refractivity contribution is 5.17. The van der Waals surface area contributed by atoms with Crippen molar-refractivity contribution in [1.29, 1.82) is 0 Å². The van der Waals surface area contributed by atoms with E-state index in [0.29, 0.717) is 32.8 Å². The van der Waals surface area contributed by atoms with Crippen molar-refractivity contribution in [1.82, 2.24) is 4.90 Å². The van der Waals surface area contributed by atoms with E-state index in [0.717, 1.165) is 0 Å². The van der Waals surface area contributed by atoms with Crippen LogP contribution in [0.2, 0.25) is 0 Å². The Balaban J connectivity index is 2.01. The Labute approximate surface area is 144 Å². The van der Waals surface area contributed by atoms with Crippen LogP contribution in [0.15, 0.2) is 60.7 Å². The van der Waals surface area contributed by atoms with Crippen molar-refractivity contribution in [3.05, 3.63) is 71.8 Å². The summed E-state index contributed by atoms with van der Waals surface area (Å²) in [6, 6.07) is 20.3. The van der Waals surface area contributed by atoms with E-state index in [9.17, 15) is 4.39 Å². The van der Waals surface area contributed by atoms with Gasteiger partial charge in [0.1, 0.15) is 6.17 Å². The normalized spacial score (nSPS) is 13.8. The number of nitrogens with zero attached hydrogens (tertiary/aromatic N) is 1. The molecule has 0 saturated carbocycles. The van der Waals surface area contributed by atoms with Crippen LogP contribution in [0.3, 0.4) is 0 Å². The van der Waals surface area contributed by atoms with Gasteiger partial charge in [-0.3, -0.25) is 4.90 Å². The van der Waals surface area contributed by atoms with Gasteiger partial charge in [0.05, 0.1) is 12.7 Å². The van der Waals surface area contributed by atoms with Crippen LogP contribution in [-0.2, 0) is 17.8 Å². The summed E-state index contributed by atoms with van der Waals surface area (Å²) >= 11 is 0. The molecule has 0 bridgehead atoms. The third kappa shape index (κ3) is 6.40. The third-order valence-electron chi connectivity index (χ3n) is 3.94. The summed E-state index contributed by atoms with van der Waals surface area (Å²) in [5, 5.41) is 0. The van der Waals surface area contributed by atoms with E-state index in [1.54, 1.807) is 6.92 Å². The first-order valence-electron chi connectivity index (χ1n) is 8.45. The van der Waals surface area contributed by atoms with Gasteiger partial charge in [0.15, 0.2) is 0 Å². The predicted molar refractivity (Wildman–Crippen MR) is 96.4 cm³/mol. The maximum atomic E-state index is 14.6. The molecular weight excluding hydrogens is 303 g/mol. The molecule has 0 radical (unpaired) electrons. The number of ether oxygens (including phenoxy) is 1. The third-order valence-corrected chi connectivity index (χ3v) is 3.94. The van der Waals surface area contributed by atoms with Crippen molar-refractivity contribution in [2.45, 2.75) is 32.3 Å². The van der Waals surface area contributed by atoms with Crippen molar-refractivity contribution in [3.8, 4) is 0 Å². The minimum absolute atomic E-state index is 0.329. The summed E-state index contributed by atoms with van der Waals surface area (Å²) in [5.74, 6) is 0. The van der Waals surface area contributed by atoms with E-state index in [1.165, 1.54) is 11.1 Å². The minimum atomic E-state index is -1.05. The quantitative estimate of drug-likeness (QED) is 0.726. The number of rotatable bonds is 10. The summed E-state index contributed by atoms with van der Waals surface area (Å²) in [4.78, 5) is 2.12. The largest absolute Gasteiger partial charge is 0.374 e. The fourth-order valence-electron chi connectivity index (χ4n) is 2.62. The zero-order chi connectivity index (χ0) is 17.2. The van der Waals surface area contributed by atoms with Gasteiger partial charge in [-0.15, -0.1) is 0 Å². The molecule has 2 aromatic rings. The maximum absolute atomic E-state index is 14.6. The first-order chi connectivity index (χ1) is 11.7. The van der Waals surface area contributed by atoms with E-state index in [2.05, 4.69) is 29.2 Å². The van der Waals surface area contributed by atoms with Crippen LogP contribution in [0.1, 0.15) is 18.1 Å². The zero-order valence-electron chi connectivity index (χ0n) is 14.3. The number of nitrogens with two attached hydrogens (primary N) is 1. The van der Waals surface area contributed by atoms with Crippen molar-refractivity contribution in [2.75, 3.05) is 19.7 Å². The average Bonchev–Trinajstić information content (AvgIpc) is 2.61. The monoisotopic (exact) mass is 330 g/mol. The molecule has 2 unspecified atom stereocenters. The average molecular weight is 330 g/mol. The number of hydrogen-bond donors (Lipinski definition) is 1. The van der Waals surface area contributed by atoms with Gasteiger partial charge in [0, 0.05) is 26.2 Å². The molecule has 0 fully saturated rings. The van der Waals surface area contributed by atoms with E-state index < -0.39 is 12.3 Å². The fraction of sp³-hybridized carbons (Fsp3) is 0.400. The molecule has 0 amide bonds. The lowest BCUT2D eigenvalue weighted by Gasteiger charge is -2.27. The molecule has 130 valence electrons. The number of halogens is 1. The molecule has 3 nitrogen and oxygen atoms in total. The highest BCUT2D eigenvalue weighted by Crippen LogP contribution is 2.14. The molecule has 2 atom stereocenters. The lowest BCUT2D eigenvalue weighted by atomic mass is 10.1. The molecule has 2 N–H and O–H groups in total. The second-order valence-corrected chi connectivity index (χ2v) is 6.02. The first-order valence-corrected chi connectivity index (χ1v) is 8.45. The van der Waals surface area contributed by atoms with Gasteiger partial charge in [-0.05, 0) is 18.1 Å². The van der Waals surface area contributed by atoms with Crippen LogP contribution >= 0.6 is 0 Å². The summed E-state index contributed by atoms with van der Waals surface area (Å²) in [6.07, 6.45) is -1.51. The van der Waals surface area contributed by atoms with Crippen LogP contribution in [0.4, 0.5) is 4.39 Å². The van der Waals surface area contributed by atoms with E-state index >= 15 is 0 Å². The van der Waals surface area contributed by atoms with Crippen LogP contribution in [-0.4, -0.2) is 36.9 Å². The molecular formula is C20H27FN2O. The highest BCUT2D eigenvalue weighted by atomic mass is 19.1. The molecule has 0 aliphatic carbocycles. The van der Waals surface area contributed by atoms with Crippen LogP contribution in [0, 0.1) is 0 Å². The Hall–Kier alpha value is -1.75. The van der Waals surface area contributed by atoms with Crippen molar-refractivity contribution in [3.63, 3.8) is 0 Å². The molecule has 0 aliphatic rings. The van der Waals surface area contributed by atoms with Gasteiger partial charge in [-0.25, -0.2) is 4.39 Å². The topological polar surface area (TPSA) is 38.5 Å². The van der Waals surface area contributed by atoms with Crippen molar-refractivity contribution >= 4 is 0 Å². The molecule has 2 aromatic carbocycles. The Morgan fingerprint density at radius 3 is 1.92 bits per heavy atom. The standard InChI is InChI=1S/C20H27FN2O/c1-17(24-13-12-22)20(21)16-23(14-18-8-4-2-5-9-18)15-19-10-6-3-7-11-19/h2-11,17,20H,12-16,22H2,1H3. The summed E-state index contributed by atoms with van der Waals surface area (Å²) in [5.41, 5.74) is 7.78. The second-order valence-electron chi connectivity index (χ2n) is 6.02. The SMILES string of the molecule is CC(OCCN)C(F)CN(Cc1ccccc1)Cc1ccccc1. The van der Waals surface area contributed by atoms with Gasteiger partial charge in [-0.1, -0.05) is 60.7 Å². The van der Waals surface area contributed by atoms with E-state index in [4.69, 9.17) is 10.5 Å². The van der Waals surface area contributed by atoms with Crippen molar-refractivity contribution < 1.29 is 9.13 Å². The van der Waals surface area contributed by atoms with Crippen LogP contribution in [0.25, 0.3) is 0 Å². The molecule has 2 rings (SSSR count). The smallest absolute Gasteiger partial charge is 0.138 e. The first kappa shape index (κ1) is 18.6. The predicted octanol–water partition coefficient (Wildman–Crippen LogP) is 3.39. The molecule has 24 heavy (non-hydrogen) atoms. The van der Waals surface area contributed by atoms with E-state index in [-0.39, 0.29) is 0 Å². The Kier molecular flexibility index (Phi) is 7.89. The minimum Gasteiger partial charge on any atom is -0.374 e. The lowest BCUT2D eigenvalue weighted by Crippen LogP contribution is -2.36. The summed E-state index contributed by atoms with van der Waals surface area (Å²) in [6.45, 7) is 4.31. The number of benzene rings is 2. The van der Waals surface area contributed by atoms with Gasteiger partial charge in [0.25, 0.3) is 0 Å². The summed E-state index contributed by atoms with van der Waals surface area (Å²) < 4.78 is 20.0. The second kappa shape index (κ2) is 10.2. The zero-order valence-corrected chi connectivity index (χ0v) is 14.3. The van der Waals surface area contributed by atoms with Crippen LogP contribution < -0.4 is 5.73 Å². The molecule has 0 spiro atoms. The van der Waals surface area contributed by atoms with Crippen LogP contribution in [0.5, 0.6) is 0 Å².